The van der Waals surface area contributed by atoms with E-state index in [1.165, 1.54) is 24.3 Å². The van der Waals surface area contributed by atoms with Crippen LogP contribution in [0.5, 0.6) is 0 Å². The van der Waals surface area contributed by atoms with E-state index in [1.807, 2.05) is 0 Å². The minimum Gasteiger partial charge on any atom is -0.461 e. The zero-order chi connectivity index (χ0) is 15.6. The van der Waals surface area contributed by atoms with E-state index in [2.05, 4.69) is 4.98 Å². The normalized spacial score (nSPS) is 11.3. The van der Waals surface area contributed by atoms with Gasteiger partial charge >= 0.3 is 5.97 Å². The second kappa shape index (κ2) is 6.00. The number of nitrogen functional groups attached to an aromatic ring is 1. The minimum absolute atomic E-state index is 0.00102. The van der Waals surface area contributed by atoms with Gasteiger partial charge in [0.1, 0.15) is 0 Å². The average Bonchev–Trinajstić information content (AvgIpc) is 2.82. The summed E-state index contributed by atoms with van der Waals surface area (Å²) in [7, 11) is -3.91. The molecule has 112 valence electrons. The quantitative estimate of drug-likeness (QED) is 0.853. The molecule has 2 rings (SSSR count). The molecule has 0 aliphatic carbocycles. The van der Waals surface area contributed by atoms with Crippen molar-refractivity contribution >= 4 is 43.9 Å². The lowest BCUT2D eigenvalue weighted by Crippen LogP contribution is -2.11. The van der Waals surface area contributed by atoms with Crippen LogP contribution in [0.3, 0.4) is 0 Å². The lowest BCUT2D eigenvalue weighted by Gasteiger charge is -2.04. The van der Waals surface area contributed by atoms with Crippen molar-refractivity contribution in [3.63, 3.8) is 0 Å². The number of ether oxygens (including phenoxy) is 1. The lowest BCUT2D eigenvalue weighted by molar-refractivity contribution is 0.0516. The molecule has 0 spiro atoms. The van der Waals surface area contributed by atoms with Crippen LogP contribution in [-0.2, 0) is 14.6 Å². The van der Waals surface area contributed by atoms with E-state index in [4.69, 9.17) is 22.1 Å². The molecule has 0 aliphatic heterocycles. The van der Waals surface area contributed by atoms with Crippen molar-refractivity contribution in [2.24, 2.45) is 0 Å². The molecule has 1 aromatic carbocycles. The van der Waals surface area contributed by atoms with Crippen molar-refractivity contribution in [3.05, 3.63) is 35.0 Å². The van der Waals surface area contributed by atoms with Gasteiger partial charge in [-0.15, -0.1) is 0 Å². The average molecular weight is 347 g/mol. The number of sulfone groups is 1. The van der Waals surface area contributed by atoms with Crippen LogP contribution < -0.4 is 5.73 Å². The van der Waals surface area contributed by atoms with Gasteiger partial charge in [0, 0.05) is 5.02 Å². The predicted octanol–water partition coefficient (Wildman–Crippen LogP) is 2.39. The molecule has 0 aliphatic rings. The zero-order valence-corrected chi connectivity index (χ0v) is 13.3. The summed E-state index contributed by atoms with van der Waals surface area (Å²) in [4.78, 5) is 15.5. The van der Waals surface area contributed by atoms with Gasteiger partial charge in [-0.3, -0.25) is 0 Å². The van der Waals surface area contributed by atoms with Crippen LogP contribution in [-0.4, -0.2) is 26.0 Å². The molecule has 0 amide bonds. The number of hydrogen-bond donors (Lipinski definition) is 1. The summed E-state index contributed by atoms with van der Waals surface area (Å²) in [5.74, 6) is -0.821. The van der Waals surface area contributed by atoms with Crippen LogP contribution in [0.25, 0.3) is 0 Å². The molecular formula is C12H11ClN2O4S2. The highest BCUT2D eigenvalue weighted by Crippen LogP contribution is 2.31. The second-order valence-electron chi connectivity index (χ2n) is 3.87. The maximum atomic E-state index is 12.6. The van der Waals surface area contributed by atoms with Gasteiger partial charge < -0.3 is 10.5 Å². The van der Waals surface area contributed by atoms with Gasteiger partial charge in [-0.1, -0.05) is 22.9 Å². The minimum atomic E-state index is -3.91. The van der Waals surface area contributed by atoms with Crippen LogP contribution in [0.1, 0.15) is 17.4 Å². The van der Waals surface area contributed by atoms with E-state index in [9.17, 15) is 13.2 Å². The number of aromatic nitrogens is 1. The molecule has 0 bridgehead atoms. The Hall–Kier alpha value is -1.64. The molecule has 9 heteroatoms. The highest BCUT2D eigenvalue weighted by atomic mass is 35.5. The molecule has 6 nitrogen and oxygen atoms in total. The molecule has 21 heavy (non-hydrogen) atoms. The van der Waals surface area contributed by atoms with Crippen molar-refractivity contribution < 1.29 is 17.9 Å². The number of rotatable bonds is 4. The first-order valence-corrected chi connectivity index (χ1v) is 8.48. The molecule has 2 N–H and O–H groups in total. The molecule has 1 aromatic heterocycles. The third-order valence-electron chi connectivity index (χ3n) is 2.45. The maximum Gasteiger partial charge on any atom is 0.359 e. The Balaban J connectivity index is 2.55. The number of halogens is 1. The van der Waals surface area contributed by atoms with Crippen molar-refractivity contribution in [1.82, 2.24) is 4.98 Å². The Morgan fingerprint density at radius 3 is 2.57 bits per heavy atom. The molecule has 0 atom stereocenters. The van der Waals surface area contributed by atoms with Crippen LogP contribution >= 0.6 is 22.9 Å². The standard InChI is InChI=1S/C12H11ClN2O4S2/c1-2-19-10(16)9-11(20-12(14)15-9)21(17,18)8-5-3-7(13)4-6-8/h3-6H,2H2,1H3,(H2,14,15). The number of nitrogens with zero attached hydrogens (tertiary/aromatic N) is 1. The van der Waals surface area contributed by atoms with E-state index < -0.39 is 15.8 Å². The first kappa shape index (κ1) is 15.7. The summed E-state index contributed by atoms with van der Waals surface area (Å²) in [5, 5.41) is 0.383. The van der Waals surface area contributed by atoms with E-state index in [0.29, 0.717) is 5.02 Å². The Kier molecular flexibility index (Phi) is 4.50. The highest BCUT2D eigenvalue weighted by Gasteiger charge is 2.30. The smallest absolute Gasteiger partial charge is 0.359 e. The van der Waals surface area contributed by atoms with Crippen molar-refractivity contribution in [1.29, 1.82) is 0 Å². The fraction of sp³-hybridized carbons (Fsp3) is 0.167. The topological polar surface area (TPSA) is 99.3 Å². The van der Waals surface area contributed by atoms with Gasteiger partial charge in [-0.25, -0.2) is 18.2 Å². The number of thiazole rings is 1. The predicted molar refractivity (Wildman–Crippen MR) is 79.4 cm³/mol. The summed E-state index contributed by atoms with van der Waals surface area (Å²) < 4.78 is 29.7. The molecule has 0 unspecified atom stereocenters. The molecule has 0 fully saturated rings. The number of carbonyl (C=O) groups is 1. The van der Waals surface area contributed by atoms with Gasteiger partial charge in [0.15, 0.2) is 15.0 Å². The Morgan fingerprint density at radius 2 is 2.00 bits per heavy atom. The monoisotopic (exact) mass is 346 g/mol. The number of nitrogens with two attached hydrogens (primary N) is 1. The Bertz CT molecular complexity index is 769. The van der Waals surface area contributed by atoms with Gasteiger partial charge in [-0.2, -0.15) is 0 Å². The molecule has 0 radical (unpaired) electrons. The molecular weight excluding hydrogens is 336 g/mol. The Morgan fingerprint density at radius 1 is 1.38 bits per heavy atom. The molecule has 0 saturated heterocycles. The lowest BCUT2D eigenvalue weighted by atomic mass is 10.4. The van der Waals surface area contributed by atoms with E-state index >= 15 is 0 Å². The number of esters is 1. The highest BCUT2D eigenvalue weighted by molar-refractivity contribution is 7.93. The SMILES string of the molecule is CCOC(=O)c1nc(N)sc1S(=O)(=O)c1ccc(Cl)cc1. The first-order chi connectivity index (χ1) is 9.86. The molecule has 2 aromatic rings. The van der Waals surface area contributed by atoms with Crippen molar-refractivity contribution in [2.45, 2.75) is 16.0 Å². The van der Waals surface area contributed by atoms with E-state index in [1.54, 1.807) is 6.92 Å². The van der Waals surface area contributed by atoms with Crippen LogP contribution in [0, 0.1) is 0 Å². The largest absolute Gasteiger partial charge is 0.461 e. The fourth-order valence-corrected chi connectivity index (χ4v) is 4.31. The van der Waals surface area contributed by atoms with E-state index in [0.717, 1.165) is 11.3 Å². The second-order valence-corrected chi connectivity index (χ2v) is 7.48. The van der Waals surface area contributed by atoms with E-state index in [-0.39, 0.29) is 26.5 Å². The fourth-order valence-electron chi connectivity index (χ4n) is 1.55. The summed E-state index contributed by atoms with van der Waals surface area (Å²) in [5.41, 5.74) is 5.23. The maximum absolute atomic E-state index is 12.6. The number of hydrogen-bond acceptors (Lipinski definition) is 7. The number of benzene rings is 1. The van der Waals surface area contributed by atoms with Crippen LogP contribution in [0.2, 0.25) is 5.02 Å². The van der Waals surface area contributed by atoms with Crippen molar-refractivity contribution in [2.75, 3.05) is 12.3 Å². The van der Waals surface area contributed by atoms with Gasteiger partial charge in [-0.05, 0) is 31.2 Å². The molecule has 0 saturated carbocycles. The number of carbonyl (C=O) groups excluding carboxylic acids is 1. The summed E-state index contributed by atoms with van der Waals surface area (Å²) in [6.07, 6.45) is 0. The summed E-state index contributed by atoms with van der Waals surface area (Å²) in [6, 6.07) is 5.59. The third-order valence-corrected chi connectivity index (χ3v) is 5.86. The first-order valence-electron chi connectivity index (χ1n) is 5.80. The third kappa shape index (κ3) is 3.17. The summed E-state index contributed by atoms with van der Waals surface area (Å²) >= 11 is 6.46. The van der Waals surface area contributed by atoms with Gasteiger partial charge in [0.05, 0.1) is 11.5 Å². The van der Waals surface area contributed by atoms with Crippen LogP contribution in [0.4, 0.5) is 5.13 Å². The number of anilines is 1. The molecule has 1 heterocycles. The van der Waals surface area contributed by atoms with Gasteiger partial charge in [0.2, 0.25) is 9.84 Å². The van der Waals surface area contributed by atoms with Crippen molar-refractivity contribution in [3.8, 4) is 0 Å². The zero-order valence-electron chi connectivity index (χ0n) is 10.9. The van der Waals surface area contributed by atoms with Gasteiger partial charge in [0.25, 0.3) is 0 Å². The Labute approximate surface area is 130 Å². The summed E-state index contributed by atoms with van der Waals surface area (Å²) in [6.45, 7) is 1.72. The van der Waals surface area contributed by atoms with Crippen LogP contribution in [0.15, 0.2) is 33.4 Å².